The maximum Gasteiger partial charge on any atom is 0.160 e. The van der Waals surface area contributed by atoms with E-state index < -0.39 is 0 Å². The van der Waals surface area contributed by atoms with E-state index in [1.807, 2.05) is 6.07 Å². The Balaban J connectivity index is 2.41. The molecule has 3 N–H and O–H groups in total. The molecule has 1 aliphatic carbocycles. The molecule has 1 atom stereocenters. The molecule has 0 heterocycles. The summed E-state index contributed by atoms with van der Waals surface area (Å²) in [6.45, 7) is 0. The lowest BCUT2D eigenvalue weighted by atomic mass is 9.88. The fourth-order valence-corrected chi connectivity index (χ4v) is 1.97. The van der Waals surface area contributed by atoms with Crippen LogP contribution in [0.2, 0.25) is 0 Å². The van der Waals surface area contributed by atoms with E-state index in [2.05, 4.69) is 0 Å². The number of benzene rings is 1. The summed E-state index contributed by atoms with van der Waals surface area (Å²) in [7, 11) is 1.56. The molecule has 0 spiro atoms. The zero-order valence-corrected chi connectivity index (χ0v) is 8.29. The van der Waals surface area contributed by atoms with Crippen LogP contribution < -0.4 is 10.5 Å². The molecule has 2 rings (SSSR count). The molecule has 0 amide bonds. The molecular weight excluding hydrogens is 178 g/mol. The average Bonchev–Trinajstić information content (AvgIpc) is 2.17. The molecule has 3 nitrogen and oxygen atoms in total. The van der Waals surface area contributed by atoms with Crippen LogP contribution in [0.15, 0.2) is 12.1 Å². The zero-order chi connectivity index (χ0) is 10.1. The van der Waals surface area contributed by atoms with Crippen molar-refractivity contribution in [1.29, 1.82) is 0 Å². The van der Waals surface area contributed by atoms with Gasteiger partial charge in [0.15, 0.2) is 11.5 Å². The highest BCUT2D eigenvalue weighted by Crippen LogP contribution is 2.32. The summed E-state index contributed by atoms with van der Waals surface area (Å²) >= 11 is 0. The molecule has 1 aliphatic rings. The standard InChI is InChI=1S/C11H15NO2/c1-14-11-6-8-4-9(12)3-2-7(8)5-10(11)13/h5-6,9,13H,2-4,12H2,1H3. The van der Waals surface area contributed by atoms with Crippen molar-refractivity contribution >= 4 is 0 Å². The Bertz CT molecular complexity index is 349. The number of methoxy groups -OCH3 is 1. The van der Waals surface area contributed by atoms with E-state index in [-0.39, 0.29) is 11.8 Å². The first kappa shape index (κ1) is 9.34. The molecule has 3 heteroatoms. The lowest BCUT2D eigenvalue weighted by molar-refractivity contribution is 0.371. The number of phenols is 1. The Morgan fingerprint density at radius 1 is 1.43 bits per heavy atom. The summed E-state index contributed by atoms with van der Waals surface area (Å²) in [6, 6.07) is 3.93. The van der Waals surface area contributed by atoms with Crippen molar-refractivity contribution < 1.29 is 9.84 Å². The maximum atomic E-state index is 9.58. The van der Waals surface area contributed by atoms with Crippen LogP contribution in [0.25, 0.3) is 0 Å². The minimum atomic E-state index is 0.224. The summed E-state index contributed by atoms with van der Waals surface area (Å²) in [6.07, 6.45) is 2.83. The highest BCUT2D eigenvalue weighted by Gasteiger charge is 2.17. The SMILES string of the molecule is COc1cc2c(cc1O)CCC(N)C2. The smallest absolute Gasteiger partial charge is 0.160 e. The number of hydrogen-bond donors (Lipinski definition) is 2. The zero-order valence-electron chi connectivity index (χ0n) is 8.29. The summed E-state index contributed by atoms with van der Waals surface area (Å²) in [4.78, 5) is 0. The second-order valence-electron chi connectivity index (χ2n) is 3.80. The minimum Gasteiger partial charge on any atom is -0.504 e. The number of ether oxygens (including phenoxy) is 1. The van der Waals surface area contributed by atoms with Crippen molar-refractivity contribution in [2.45, 2.75) is 25.3 Å². The van der Waals surface area contributed by atoms with Gasteiger partial charge in [0, 0.05) is 6.04 Å². The third-order valence-electron chi connectivity index (χ3n) is 2.77. The predicted molar refractivity (Wildman–Crippen MR) is 54.7 cm³/mol. The largest absolute Gasteiger partial charge is 0.504 e. The van der Waals surface area contributed by atoms with Gasteiger partial charge in [-0.15, -0.1) is 0 Å². The van der Waals surface area contributed by atoms with Crippen LogP contribution in [0.1, 0.15) is 17.5 Å². The van der Waals surface area contributed by atoms with Crippen molar-refractivity contribution in [3.63, 3.8) is 0 Å². The average molecular weight is 193 g/mol. The molecule has 0 radical (unpaired) electrons. The molecule has 0 aliphatic heterocycles. The minimum absolute atomic E-state index is 0.224. The van der Waals surface area contributed by atoms with E-state index in [1.165, 1.54) is 11.1 Å². The molecular formula is C11H15NO2. The quantitative estimate of drug-likeness (QED) is 0.705. The summed E-state index contributed by atoms with van der Waals surface area (Å²) in [5, 5.41) is 9.58. The van der Waals surface area contributed by atoms with Crippen molar-refractivity contribution in [2.75, 3.05) is 7.11 Å². The molecule has 0 bridgehead atoms. The van der Waals surface area contributed by atoms with Crippen molar-refractivity contribution in [3.8, 4) is 11.5 Å². The van der Waals surface area contributed by atoms with Gasteiger partial charge >= 0.3 is 0 Å². The number of hydrogen-bond acceptors (Lipinski definition) is 3. The van der Waals surface area contributed by atoms with Crippen LogP contribution in [-0.4, -0.2) is 18.3 Å². The molecule has 14 heavy (non-hydrogen) atoms. The van der Waals surface area contributed by atoms with Gasteiger partial charge in [0.05, 0.1) is 7.11 Å². The topological polar surface area (TPSA) is 55.5 Å². The second kappa shape index (κ2) is 3.50. The van der Waals surface area contributed by atoms with E-state index in [0.29, 0.717) is 5.75 Å². The number of aryl methyl sites for hydroxylation is 1. The highest BCUT2D eigenvalue weighted by molar-refractivity contribution is 5.47. The van der Waals surface area contributed by atoms with Crippen molar-refractivity contribution in [2.24, 2.45) is 5.73 Å². The van der Waals surface area contributed by atoms with Crippen molar-refractivity contribution in [3.05, 3.63) is 23.3 Å². The number of fused-ring (bicyclic) bond motifs is 1. The number of rotatable bonds is 1. The van der Waals surface area contributed by atoms with Gasteiger partial charge in [-0.3, -0.25) is 0 Å². The Morgan fingerprint density at radius 3 is 2.93 bits per heavy atom. The second-order valence-corrected chi connectivity index (χ2v) is 3.80. The van der Waals surface area contributed by atoms with Gasteiger partial charge in [0.25, 0.3) is 0 Å². The van der Waals surface area contributed by atoms with Gasteiger partial charge in [0.2, 0.25) is 0 Å². The van der Waals surface area contributed by atoms with E-state index in [0.717, 1.165) is 19.3 Å². The molecule has 0 aromatic heterocycles. The molecule has 0 fully saturated rings. The lowest BCUT2D eigenvalue weighted by Crippen LogP contribution is -2.27. The predicted octanol–water partition coefficient (Wildman–Crippen LogP) is 1.22. The third kappa shape index (κ3) is 1.55. The Labute approximate surface area is 83.5 Å². The van der Waals surface area contributed by atoms with Crippen LogP contribution in [0.5, 0.6) is 11.5 Å². The summed E-state index contributed by atoms with van der Waals surface area (Å²) < 4.78 is 5.06. The van der Waals surface area contributed by atoms with E-state index in [4.69, 9.17) is 10.5 Å². The van der Waals surface area contributed by atoms with Crippen LogP contribution in [0.4, 0.5) is 0 Å². The fraction of sp³-hybridized carbons (Fsp3) is 0.455. The normalized spacial score (nSPS) is 20.3. The maximum absolute atomic E-state index is 9.58. The van der Waals surface area contributed by atoms with Gasteiger partial charge in [-0.05, 0) is 42.5 Å². The fourth-order valence-electron chi connectivity index (χ4n) is 1.97. The van der Waals surface area contributed by atoms with Gasteiger partial charge < -0.3 is 15.6 Å². The Morgan fingerprint density at radius 2 is 2.21 bits per heavy atom. The van der Waals surface area contributed by atoms with Gasteiger partial charge in [0.1, 0.15) is 0 Å². The lowest BCUT2D eigenvalue weighted by Gasteiger charge is -2.22. The van der Waals surface area contributed by atoms with Crippen LogP contribution >= 0.6 is 0 Å². The molecule has 1 aromatic carbocycles. The van der Waals surface area contributed by atoms with Gasteiger partial charge in [-0.1, -0.05) is 0 Å². The van der Waals surface area contributed by atoms with Crippen LogP contribution in [0.3, 0.4) is 0 Å². The van der Waals surface area contributed by atoms with E-state index in [9.17, 15) is 5.11 Å². The van der Waals surface area contributed by atoms with Crippen LogP contribution in [0, 0.1) is 0 Å². The number of aromatic hydroxyl groups is 1. The first-order chi connectivity index (χ1) is 6.70. The molecule has 1 aromatic rings. The Kier molecular flexibility index (Phi) is 2.33. The van der Waals surface area contributed by atoms with E-state index >= 15 is 0 Å². The molecule has 0 saturated heterocycles. The number of phenolic OH excluding ortho intramolecular Hbond substituents is 1. The molecule has 1 unspecified atom stereocenters. The number of nitrogens with two attached hydrogens (primary N) is 1. The van der Waals surface area contributed by atoms with Gasteiger partial charge in [-0.25, -0.2) is 0 Å². The van der Waals surface area contributed by atoms with Crippen LogP contribution in [-0.2, 0) is 12.8 Å². The summed E-state index contributed by atoms with van der Waals surface area (Å²) in [5.74, 6) is 0.763. The molecule has 76 valence electrons. The monoisotopic (exact) mass is 193 g/mol. The van der Waals surface area contributed by atoms with E-state index in [1.54, 1.807) is 13.2 Å². The molecule has 0 saturated carbocycles. The Hall–Kier alpha value is -1.22. The first-order valence-corrected chi connectivity index (χ1v) is 4.85. The van der Waals surface area contributed by atoms with Crippen molar-refractivity contribution in [1.82, 2.24) is 0 Å². The van der Waals surface area contributed by atoms with Gasteiger partial charge in [-0.2, -0.15) is 0 Å². The third-order valence-corrected chi connectivity index (χ3v) is 2.77. The summed E-state index contributed by atoms with van der Waals surface area (Å²) in [5.41, 5.74) is 8.28. The highest BCUT2D eigenvalue weighted by atomic mass is 16.5. The first-order valence-electron chi connectivity index (χ1n) is 4.85.